The molecule has 0 unspecified atom stereocenters. The van der Waals surface area contributed by atoms with Gasteiger partial charge in [-0.05, 0) is 23.8 Å². The fourth-order valence-electron chi connectivity index (χ4n) is 2.11. The Bertz CT molecular complexity index is 334. The minimum atomic E-state index is 0.118. The number of carbonyl (C=O) groups is 1. The third-order valence-corrected chi connectivity index (χ3v) is 3.28. The maximum absolute atomic E-state index is 10.6. The van der Waals surface area contributed by atoms with Crippen molar-refractivity contribution in [3.63, 3.8) is 0 Å². The maximum atomic E-state index is 10.6. The molecule has 2 rings (SSSR count). The summed E-state index contributed by atoms with van der Waals surface area (Å²) in [4.78, 5) is 10.6. The molecular weight excluding hydrogens is 200 g/mol. The zero-order chi connectivity index (χ0) is 11.4. The van der Waals surface area contributed by atoms with E-state index in [2.05, 4.69) is 6.92 Å². The van der Waals surface area contributed by atoms with E-state index in [-0.39, 0.29) is 6.10 Å². The van der Waals surface area contributed by atoms with Gasteiger partial charge >= 0.3 is 0 Å². The Morgan fingerprint density at radius 3 is 2.69 bits per heavy atom. The van der Waals surface area contributed by atoms with Gasteiger partial charge < -0.3 is 9.53 Å². The molecule has 2 nitrogen and oxygen atoms in total. The number of ether oxygens (including phenoxy) is 1. The number of carbonyl (C=O) groups excluding carboxylic acids is 1. The molecule has 0 bridgehead atoms. The Hall–Kier alpha value is -1.15. The predicted molar refractivity (Wildman–Crippen MR) is 63.0 cm³/mol. The molecule has 1 aliphatic rings. The van der Waals surface area contributed by atoms with Crippen LogP contribution in [0.1, 0.15) is 25.3 Å². The summed E-state index contributed by atoms with van der Waals surface area (Å²) < 4.78 is 5.83. The molecule has 0 radical (unpaired) electrons. The number of hydrogen-bond donors (Lipinski definition) is 0. The first-order valence-electron chi connectivity index (χ1n) is 5.90. The van der Waals surface area contributed by atoms with Crippen molar-refractivity contribution in [3.05, 3.63) is 35.9 Å². The fourth-order valence-corrected chi connectivity index (χ4v) is 2.11. The van der Waals surface area contributed by atoms with Crippen LogP contribution in [0.4, 0.5) is 0 Å². The second-order valence-corrected chi connectivity index (χ2v) is 4.61. The van der Waals surface area contributed by atoms with Crippen LogP contribution in [0.25, 0.3) is 0 Å². The van der Waals surface area contributed by atoms with Crippen molar-refractivity contribution in [2.45, 2.75) is 32.5 Å². The second kappa shape index (κ2) is 5.26. The zero-order valence-corrected chi connectivity index (χ0v) is 9.63. The molecule has 86 valence electrons. The summed E-state index contributed by atoms with van der Waals surface area (Å²) in [5.74, 6) is 1.31. The van der Waals surface area contributed by atoms with E-state index in [4.69, 9.17) is 4.74 Å². The highest BCUT2D eigenvalue weighted by molar-refractivity contribution is 5.50. The lowest BCUT2D eigenvalue weighted by molar-refractivity contribution is -0.111. The van der Waals surface area contributed by atoms with Crippen molar-refractivity contribution in [2.24, 2.45) is 11.8 Å². The lowest BCUT2D eigenvalue weighted by atomic mass is 10.1. The molecule has 0 aromatic heterocycles. The average Bonchev–Trinajstić information content (AvgIpc) is 3.03. The first-order valence-corrected chi connectivity index (χ1v) is 5.90. The number of hydrogen-bond acceptors (Lipinski definition) is 2. The Morgan fingerprint density at radius 2 is 2.12 bits per heavy atom. The van der Waals surface area contributed by atoms with E-state index >= 15 is 0 Å². The van der Waals surface area contributed by atoms with E-state index in [0.717, 1.165) is 12.2 Å². The molecule has 2 heteroatoms. The molecule has 1 aromatic rings. The van der Waals surface area contributed by atoms with Crippen LogP contribution in [0, 0.1) is 11.8 Å². The second-order valence-electron chi connectivity index (χ2n) is 4.61. The Morgan fingerprint density at radius 1 is 1.44 bits per heavy atom. The zero-order valence-electron chi connectivity index (χ0n) is 9.63. The maximum Gasteiger partial charge on any atom is 0.122 e. The molecule has 0 saturated heterocycles. The van der Waals surface area contributed by atoms with Crippen molar-refractivity contribution in [3.8, 4) is 0 Å². The molecule has 16 heavy (non-hydrogen) atoms. The summed E-state index contributed by atoms with van der Waals surface area (Å²) in [5, 5.41) is 0. The Kier molecular flexibility index (Phi) is 3.73. The first kappa shape index (κ1) is 11.3. The van der Waals surface area contributed by atoms with E-state index in [9.17, 15) is 4.79 Å². The minimum Gasteiger partial charge on any atom is -0.373 e. The molecule has 1 fully saturated rings. The largest absolute Gasteiger partial charge is 0.373 e. The summed E-state index contributed by atoms with van der Waals surface area (Å²) in [6, 6.07) is 10.1. The number of rotatable bonds is 6. The number of aldehydes is 1. The van der Waals surface area contributed by atoms with Crippen LogP contribution in [-0.4, -0.2) is 12.4 Å². The highest BCUT2D eigenvalue weighted by Gasteiger charge is 2.39. The molecule has 0 amide bonds. The quantitative estimate of drug-likeness (QED) is 0.686. The molecule has 0 aliphatic heterocycles. The van der Waals surface area contributed by atoms with Crippen LogP contribution in [0.3, 0.4) is 0 Å². The van der Waals surface area contributed by atoms with Gasteiger partial charge in [-0.25, -0.2) is 0 Å². The Balaban J connectivity index is 1.84. The van der Waals surface area contributed by atoms with E-state index in [1.807, 2.05) is 30.3 Å². The SMILES string of the molecule is C[C@@H]1C[C@H]1[C@@H](CC=O)OCc1ccccc1. The number of benzene rings is 1. The highest BCUT2D eigenvalue weighted by atomic mass is 16.5. The summed E-state index contributed by atoms with van der Waals surface area (Å²) >= 11 is 0. The lowest BCUT2D eigenvalue weighted by Gasteiger charge is -2.15. The van der Waals surface area contributed by atoms with Gasteiger partial charge in [0.25, 0.3) is 0 Å². The van der Waals surface area contributed by atoms with Crippen molar-refractivity contribution < 1.29 is 9.53 Å². The first-order chi connectivity index (χ1) is 7.81. The molecule has 0 N–H and O–H groups in total. The van der Waals surface area contributed by atoms with Gasteiger partial charge in [0, 0.05) is 6.42 Å². The van der Waals surface area contributed by atoms with E-state index < -0.39 is 0 Å². The highest BCUT2D eigenvalue weighted by Crippen LogP contribution is 2.42. The third kappa shape index (κ3) is 2.92. The van der Waals surface area contributed by atoms with Gasteiger partial charge in [-0.3, -0.25) is 0 Å². The minimum absolute atomic E-state index is 0.118. The smallest absolute Gasteiger partial charge is 0.122 e. The van der Waals surface area contributed by atoms with Crippen LogP contribution in [-0.2, 0) is 16.1 Å². The van der Waals surface area contributed by atoms with E-state index in [1.165, 1.54) is 12.0 Å². The topological polar surface area (TPSA) is 26.3 Å². The molecule has 1 aliphatic carbocycles. The van der Waals surface area contributed by atoms with Crippen LogP contribution >= 0.6 is 0 Å². The van der Waals surface area contributed by atoms with Gasteiger partial charge in [0.1, 0.15) is 6.29 Å². The van der Waals surface area contributed by atoms with Gasteiger partial charge in [0.2, 0.25) is 0 Å². The third-order valence-electron chi connectivity index (χ3n) is 3.28. The normalized spacial score (nSPS) is 25.1. The molecule has 1 saturated carbocycles. The summed E-state index contributed by atoms with van der Waals surface area (Å²) in [7, 11) is 0. The summed E-state index contributed by atoms with van der Waals surface area (Å²) in [5.41, 5.74) is 1.17. The average molecular weight is 218 g/mol. The van der Waals surface area contributed by atoms with Crippen LogP contribution < -0.4 is 0 Å². The summed E-state index contributed by atoms with van der Waals surface area (Å²) in [6.07, 6.45) is 2.82. The van der Waals surface area contributed by atoms with Crippen molar-refractivity contribution >= 4 is 6.29 Å². The van der Waals surface area contributed by atoms with Crippen molar-refractivity contribution in [1.82, 2.24) is 0 Å². The van der Waals surface area contributed by atoms with Gasteiger partial charge in [-0.2, -0.15) is 0 Å². The van der Waals surface area contributed by atoms with E-state index in [1.54, 1.807) is 0 Å². The van der Waals surface area contributed by atoms with Gasteiger partial charge in [0.05, 0.1) is 12.7 Å². The van der Waals surface area contributed by atoms with Crippen molar-refractivity contribution in [2.75, 3.05) is 0 Å². The Labute approximate surface area is 96.6 Å². The fraction of sp³-hybridized carbons (Fsp3) is 0.500. The standard InChI is InChI=1S/C14H18O2/c1-11-9-13(11)14(7-8-15)16-10-12-5-3-2-4-6-12/h2-6,8,11,13-14H,7,9-10H2,1H3/t11-,13-,14-/m1/s1. The molecular formula is C14H18O2. The van der Waals surface area contributed by atoms with Crippen LogP contribution in [0.5, 0.6) is 0 Å². The van der Waals surface area contributed by atoms with Crippen LogP contribution in [0.2, 0.25) is 0 Å². The summed E-state index contributed by atoms with van der Waals surface area (Å²) in [6.45, 7) is 2.83. The molecule has 3 atom stereocenters. The monoisotopic (exact) mass is 218 g/mol. The van der Waals surface area contributed by atoms with Crippen molar-refractivity contribution in [1.29, 1.82) is 0 Å². The molecule has 0 heterocycles. The van der Waals surface area contributed by atoms with Gasteiger partial charge in [0.15, 0.2) is 0 Å². The lowest BCUT2D eigenvalue weighted by Crippen LogP contribution is -2.16. The molecule has 0 spiro atoms. The van der Waals surface area contributed by atoms with Gasteiger partial charge in [-0.1, -0.05) is 37.3 Å². The van der Waals surface area contributed by atoms with Gasteiger partial charge in [-0.15, -0.1) is 0 Å². The van der Waals surface area contributed by atoms with Crippen LogP contribution in [0.15, 0.2) is 30.3 Å². The predicted octanol–water partition coefficient (Wildman–Crippen LogP) is 2.82. The molecule has 1 aromatic carbocycles. The van der Waals surface area contributed by atoms with E-state index in [0.29, 0.717) is 18.9 Å².